The zero-order chi connectivity index (χ0) is 54.4. The molecule has 4 aliphatic heterocycles. The Kier molecular flexibility index (Phi) is 33.3. The van der Waals surface area contributed by atoms with Crippen molar-refractivity contribution in [3.8, 4) is 72.2 Å². The van der Waals surface area contributed by atoms with E-state index in [1.54, 1.807) is 12.7 Å². The molecule has 5 aromatic rings. The Labute approximate surface area is 433 Å². The number of amides is 3. The van der Waals surface area contributed by atoms with Crippen molar-refractivity contribution in [2.75, 3.05) is 60.8 Å². The van der Waals surface area contributed by atoms with E-state index >= 15 is 0 Å². The summed E-state index contributed by atoms with van der Waals surface area (Å²) in [5, 5.41) is 2.44. The van der Waals surface area contributed by atoms with Gasteiger partial charge in [-0.15, -0.1) is 38.5 Å². The van der Waals surface area contributed by atoms with Crippen LogP contribution in [0.4, 0.5) is 4.79 Å². The van der Waals surface area contributed by atoms with Crippen molar-refractivity contribution in [2.24, 2.45) is 23.3 Å². The number of hydrogen-bond donors (Lipinski definition) is 4. The highest BCUT2D eigenvalue weighted by Crippen LogP contribution is 2.30. The second kappa shape index (κ2) is 38.3. The van der Waals surface area contributed by atoms with Crippen LogP contribution < -0.4 is 11.5 Å². The molecule has 4 aliphatic rings. The molecule has 9 rings (SSSR count). The van der Waals surface area contributed by atoms with Gasteiger partial charge in [-0.25, -0.2) is 14.8 Å². The third-order valence-corrected chi connectivity index (χ3v) is 12.3. The van der Waals surface area contributed by atoms with Gasteiger partial charge in [-0.2, -0.15) is 0 Å². The Morgan fingerprint density at radius 3 is 1.33 bits per heavy atom. The van der Waals surface area contributed by atoms with Gasteiger partial charge >= 0.3 is 6.09 Å². The predicted molar refractivity (Wildman–Crippen MR) is 291 cm³/mol. The van der Waals surface area contributed by atoms with Gasteiger partial charge in [-0.3, -0.25) is 14.4 Å². The quantitative estimate of drug-likeness (QED) is 0.0850. The fourth-order valence-corrected chi connectivity index (χ4v) is 8.50. The molecule has 0 unspecified atom stereocenters. The minimum atomic E-state index is -0.745. The van der Waals surface area contributed by atoms with Crippen molar-refractivity contribution < 1.29 is 38.1 Å². The summed E-state index contributed by atoms with van der Waals surface area (Å²) in [6.45, 7) is 10.0. The molecule has 73 heavy (non-hydrogen) atoms. The molecule has 4 saturated heterocycles. The van der Waals surface area contributed by atoms with Crippen molar-refractivity contribution in [1.29, 1.82) is 0 Å². The van der Waals surface area contributed by atoms with Crippen LogP contribution in [0.2, 0.25) is 0 Å². The molecule has 0 bridgehead atoms. The number of nitrogens with one attached hydrogen (secondary N) is 2. The van der Waals surface area contributed by atoms with E-state index in [4.69, 9.17) is 14.3 Å². The first-order valence-electron chi connectivity index (χ1n) is 24.3. The summed E-state index contributed by atoms with van der Waals surface area (Å²) in [5.74, 6) is 1.87. The van der Waals surface area contributed by atoms with E-state index in [0.29, 0.717) is 42.2 Å². The summed E-state index contributed by atoms with van der Waals surface area (Å²) in [6, 6.07) is 22.5. The van der Waals surface area contributed by atoms with Crippen LogP contribution in [0, 0.1) is 50.4 Å². The number of fused-ring (bicyclic) bond motifs is 1. The SMILES string of the molecule is C#C.C#C.C#C.CN.COC(N)=O.COC=O.C[C@@H]1CCCN1C(=O)CC1CCOCC1.C[C@@H]1CCCN1C(=O)CC1CCOCC1.c1ncc(-c2ccc(-c3ccc4cc(-c5cnc[nH]5)ccc4c3)cc2)[nH]1. The van der Waals surface area contributed by atoms with Gasteiger partial charge in [0.2, 0.25) is 11.8 Å². The number of rotatable bonds is 8. The zero-order valence-electron chi connectivity index (χ0n) is 43.5. The number of H-pyrrole nitrogens is 2. The molecule has 16 nitrogen and oxygen atoms in total. The third kappa shape index (κ3) is 22.7. The molecule has 3 amide bonds. The predicted octanol–water partition coefficient (Wildman–Crippen LogP) is 8.74. The van der Waals surface area contributed by atoms with Crippen LogP contribution in [-0.2, 0) is 33.3 Å². The molecule has 3 aromatic carbocycles. The lowest BCUT2D eigenvalue weighted by Gasteiger charge is -2.26. The fourth-order valence-electron chi connectivity index (χ4n) is 8.50. The zero-order valence-corrected chi connectivity index (χ0v) is 43.5. The Balaban J connectivity index is 0.000000492. The number of likely N-dealkylation sites (tertiary alicyclic amines) is 2. The summed E-state index contributed by atoms with van der Waals surface area (Å²) >= 11 is 0. The number of imidazole rings is 2. The minimum Gasteiger partial charge on any atom is -0.471 e. The topological polar surface area (TPSA) is 221 Å². The third-order valence-electron chi connectivity index (χ3n) is 12.3. The van der Waals surface area contributed by atoms with Gasteiger partial charge in [0.15, 0.2) is 0 Å². The van der Waals surface area contributed by atoms with Gasteiger partial charge in [-0.1, -0.05) is 48.5 Å². The number of carbonyl (C=O) groups is 4. The lowest BCUT2D eigenvalue weighted by Crippen LogP contribution is -2.35. The molecule has 0 spiro atoms. The lowest BCUT2D eigenvalue weighted by molar-refractivity contribution is -0.134. The summed E-state index contributed by atoms with van der Waals surface area (Å²) in [4.78, 5) is 60.9. The Hall–Kier alpha value is -7.42. The molecular formula is C57H78N8O8. The number of ether oxygens (including phenoxy) is 4. The van der Waals surface area contributed by atoms with E-state index in [-0.39, 0.29) is 0 Å². The first-order valence-corrected chi connectivity index (χ1v) is 24.3. The largest absolute Gasteiger partial charge is 0.471 e. The van der Waals surface area contributed by atoms with Crippen LogP contribution in [0.5, 0.6) is 0 Å². The number of primary amides is 1. The minimum absolute atomic E-state index is 0.368. The van der Waals surface area contributed by atoms with Crippen LogP contribution in [0.25, 0.3) is 44.4 Å². The molecule has 0 radical (unpaired) electrons. The number of benzene rings is 3. The van der Waals surface area contributed by atoms with Crippen molar-refractivity contribution >= 4 is 35.2 Å². The van der Waals surface area contributed by atoms with Crippen LogP contribution >= 0.6 is 0 Å². The molecule has 394 valence electrons. The van der Waals surface area contributed by atoms with Crippen LogP contribution in [0.15, 0.2) is 85.7 Å². The van der Waals surface area contributed by atoms with Crippen molar-refractivity contribution in [3.63, 3.8) is 0 Å². The number of hydrogen-bond acceptors (Lipinski definition) is 11. The summed E-state index contributed by atoms with van der Waals surface area (Å²) in [6.07, 6.45) is 40.8. The number of carbonyl (C=O) groups excluding carboxylic acids is 4. The number of terminal acetylenes is 3. The molecule has 6 N–H and O–H groups in total. The Bertz CT molecular complexity index is 2260. The monoisotopic (exact) mass is 1000 g/mol. The molecule has 4 fully saturated rings. The maximum Gasteiger partial charge on any atom is 0.404 e. The highest BCUT2D eigenvalue weighted by Gasteiger charge is 2.28. The van der Waals surface area contributed by atoms with E-state index in [9.17, 15) is 14.4 Å². The summed E-state index contributed by atoms with van der Waals surface area (Å²) in [5.41, 5.74) is 15.7. The van der Waals surface area contributed by atoms with Crippen LogP contribution in [0.3, 0.4) is 0 Å². The second-order valence-electron chi connectivity index (χ2n) is 16.8. The van der Waals surface area contributed by atoms with Crippen molar-refractivity contribution in [2.45, 2.75) is 90.1 Å². The molecule has 0 saturated carbocycles. The maximum atomic E-state index is 12.0. The molecule has 6 heterocycles. The molecule has 0 aliphatic carbocycles. The van der Waals surface area contributed by atoms with Crippen molar-refractivity contribution in [3.05, 3.63) is 85.7 Å². The maximum absolute atomic E-state index is 12.0. The highest BCUT2D eigenvalue weighted by molar-refractivity contribution is 5.90. The molecular weight excluding hydrogens is 925 g/mol. The summed E-state index contributed by atoms with van der Waals surface area (Å²) < 4.78 is 18.4. The van der Waals surface area contributed by atoms with E-state index in [0.717, 1.165) is 101 Å². The molecule has 2 atom stereocenters. The Morgan fingerprint density at radius 2 is 0.986 bits per heavy atom. The second-order valence-corrected chi connectivity index (χ2v) is 16.8. The number of aromatic amines is 2. The first-order chi connectivity index (χ1) is 35.6. The lowest BCUT2D eigenvalue weighted by atomic mass is 9.96. The van der Waals surface area contributed by atoms with Gasteiger partial charge in [0, 0.05) is 70.0 Å². The molecule has 16 heteroatoms. The standard InChI is InChI=1S/C22H16N4.2C12H21NO2.C2H5NO2.C2H4O2.3C2H2.CH5N/c1-3-16(21-11-23-13-25-21)4-2-15(1)17-5-6-19-10-20(8-7-18(19)9-17)22-12-24-14-26-22;2*1-10-3-2-6-13(10)12(14)9-11-4-7-15-8-5-11;1-5-2(3)4;1-4-2-3;4*1-2/h1-14H,(H,23,25)(H,24,26);2*10-11H,2-9H2,1H3;1H3,(H2,3,4);2H,1H3;3*1-2H;2H2,1H3/t;2*10-;;;;;;/m.11....../s1. The number of nitrogens with two attached hydrogens (primary N) is 2. The average Bonchev–Trinajstić information content (AvgIpc) is 4.33. The molecule has 2 aromatic heterocycles. The first kappa shape index (κ1) is 63.6. The van der Waals surface area contributed by atoms with Crippen LogP contribution in [0.1, 0.15) is 78.1 Å². The number of methoxy groups -OCH3 is 2. The smallest absolute Gasteiger partial charge is 0.404 e. The highest BCUT2D eigenvalue weighted by atomic mass is 16.5. The average molecular weight is 1000 g/mol. The van der Waals surface area contributed by atoms with Gasteiger partial charge in [-0.05, 0) is 124 Å². The summed E-state index contributed by atoms with van der Waals surface area (Å²) in [7, 11) is 4.04. The number of nitrogens with zero attached hydrogens (tertiary/aromatic N) is 4. The van der Waals surface area contributed by atoms with Gasteiger partial charge in [0.25, 0.3) is 6.47 Å². The van der Waals surface area contributed by atoms with E-state index in [1.807, 2.05) is 12.4 Å². The Morgan fingerprint density at radius 1 is 0.630 bits per heavy atom. The van der Waals surface area contributed by atoms with E-state index in [1.165, 1.54) is 68.8 Å². The van der Waals surface area contributed by atoms with Crippen LogP contribution in [-0.4, -0.2) is 127 Å². The van der Waals surface area contributed by atoms with Gasteiger partial charge in [0.1, 0.15) is 0 Å². The van der Waals surface area contributed by atoms with Gasteiger partial charge in [0.05, 0.1) is 50.7 Å². The van der Waals surface area contributed by atoms with Crippen molar-refractivity contribution in [1.82, 2.24) is 29.7 Å². The fraction of sp³-hybridized carbons (Fsp3) is 0.439. The number of aromatic nitrogens is 4. The van der Waals surface area contributed by atoms with E-state index in [2.05, 4.69) is 164 Å². The van der Waals surface area contributed by atoms with E-state index < -0.39 is 6.09 Å². The van der Waals surface area contributed by atoms with Gasteiger partial charge < -0.3 is 50.2 Å². The normalized spacial score (nSPS) is 16.5.